The van der Waals surface area contributed by atoms with Gasteiger partial charge in [-0.15, -0.1) is 0 Å². The van der Waals surface area contributed by atoms with Crippen molar-refractivity contribution in [3.63, 3.8) is 0 Å². The first kappa shape index (κ1) is 26.5. The lowest BCUT2D eigenvalue weighted by Crippen LogP contribution is -2.57. The minimum Gasteiger partial charge on any atom is -0.496 e. The molecule has 1 atom stereocenters. The van der Waals surface area contributed by atoms with Crippen molar-refractivity contribution in [1.82, 2.24) is 10.3 Å². The van der Waals surface area contributed by atoms with Gasteiger partial charge in [-0.25, -0.2) is 0 Å². The van der Waals surface area contributed by atoms with Gasteiger partial charge < -0.3 is 29.2 Å². The smallest absolute Gasteiger partial charge is 0.241 e. The number of piperazine rings is 1. The van der Waals surface area contributed by atoms with Gasteiger partial charge in [0.1, 0.15) is 23.9 Å². The van der Waals surface area contributed by atoms with Crippen LogP contribution in [0.3, 0.4) is 0 Å². The first-order valence-corrected chi connectivity index (χ1v) is 13.1. The first-order valence-electron chi connectivity index (χ1n) is 13.1. The molecule has 0 unspecified atom stereocenters. The van der Waals surface area contributed by atoms with Crippen molar-refractivity contribution in [1.29, 1.82) is 0 Å². The number of anilines is 1. The van der Waals surface area contributed by atoms with E-state index in [9.17, 15) is 4.79 Å². The molecule has 1 aliphatic heterocycles. The number of amides is 1. The summed E-state index contributed by atoms with van der Waals surface area (Å²) in [4.78, 5) is 19.0. The monoisotopic (exact) mass is 527 g/mol. The van der Waals surface area contributed by atoms with Crippen molar-refractivity contribution in [2.75, 3.05) is 44.9 Å². The number of hydrogen-bond donors (Lipinski definition) is 1. The predicted octanol–water partition coefficient (Wildman–Crippen LogP) is 4.61. The van der Waals surface area contributed by atoms with Gasteiger partial charge in [0, 0.05) is 41.9 Å². The number of hydrogen-bond acceptors (Lipinski definition) is 7. The highest BCUT2D eigenvalue weighted by Crippen LogP contribution is 2.25. The summed E-state index contributed by atoms with van der Waals surface area (Å²) in [5.74, 6) is 2.32. The van der Waals surface area contributed by atoms with Crippen LogP contribution in [-0.2, 0) is 16.1 Å². The molecule has 1 amide bonds. The van der Waals surface area contributed by atoms with E-state index in [2.05, 4.69) is 10.3 Å². The number of nitrogens with one attached hydrogen (secondary N) is 1. The SMILES string of the molecule is COc1ccccc1COCCCOc1ccc(N2C(=O)CNC[C@@H]2COc2ccc3cccnc3c2)cc1. The molecule has 202 valence electrons. The summed E-state index contributed by atoms with van der Waals surface area (Å²) in [5, 5.41) is 4.25. The van der Waals surface area contributed by atoms with E-state index in [1.807, 2.05) is 83.8 Å². The van der Waals surface area contributed by atoms with E-state index < -0.39 is 0 Å². The van der Waals surface area contributed by atoms with Crippen LogP contribution in [0.2, 0.25) is 0 Å². The molecule has 5 rings (SSSR count). The zero-order valence-electron chi connectivity index (χ0n) is 22.0. The molecule has 1 fully saturated rings. The molecule has 2 heterocycles. The minimum absolute atomic E-state index is 0.0101. The summed E-state index contributed by atoms with van der Waals surface area (Å²) in [6, 6.07) is 25.1. The number of carbonyl (C=O) groups is 1. The van der Waals surface area contributed by atoms with E-state index in [0.717, 1.165) is 45.8 Å². The molecular weight excluding hydrogens is 494 g/mol. The molecule has 4 aromatic rings. The highest BCUT2D eigenvalue weighted by atomic mass is 16.5. The summed E-state index contributed by atoms with van der Waals surface area (Å²) in [5.41, 5.74) is 2.72. The fraction of sp³-hybridized carbons (Fsp3) is 0.290. The number of pyridine rings is 1. The number of ether oxygens (including phenoxy) is 4. The number of aromatic nitrogens is 1. The Morgan fingerprint density at radius 1 is 0.949 bits per heavy atom. The Bertz CT molecular complexity index is 1380. The average Bonchev–Trinajstić information content (AvgIpc) is 2.98. The highest BCUT2D eigenvalue weighted by Gasteiger charge is 2.29. The third-order valence-electron chi connectivity index (χ3n) is 6.58. The standard InChI is InChI=1S/C31H33N3O5/c1-36-30-8-3-2-6-24(30)21-37-16-5-17-38-27-13-10-25(11-14-27)34-26(19-32-20-31(34)35)22-39-28-12-9-23-7-4-15-33-29(23)18-28/h2-4,6-15,18,26,32H,5,16-17,19-22H2,1H3/t26-/m1/s1. The van der Waals surface area contributed by atoms with Gasteiger partial charge in [0.2, 0.25) is 5.91 Å². The van der Waals surface area contributed by atoms with Gasteiger partial charge in [0.15, 0.2) is 0 Å². The Balaban J connectivity index is 1.11. The van der Waals surface area contributed by atoms with Crippen LogP contribution in [0.4, 0.5) is 5.69 Å². The van der Waals surface area contributed by atoms with E-state index >= 15 is 0 Å². The lowest BCUT2D eigenvalue weighted by atomic mass is 10.1. The zero-order valence-corrected chi connectivity index (χ0v) is 22.0. The number of benzene rings is 3. The van der Waals surface area contributed by atoms with Gasteiger partial charge >= 0.3 is 0 Å². The van der Waals surface area contributed by atoms with E-state index in [1.54, 1.807) is 13.3 Å². The Labute approximate surface area is 228 Å². The number of fused-ring (bicyclic) bond motifs is 1. The lowest BCUT2D eigenvalue weighted by molar-refractivity contribution is -0.119. The van der Waals surface area contributed by atoms with Gasteiger partial charge in [-0.1, -0.05) is 24.3 Å². The van der Waals surface area contributed by atoms with Crippen LogP contribution in [0, 0.1) is 0 Å². The van der Waals surface area contributed by atoms with Crippen molar-refractivity contribution >= 4 is 22.5 Å². The summed E-state index contributed by atoms with van der Waals surface area (Å²) < 4.78 is 23.1. The maximum absolute atomic E-state index is 12.8. The molecule has 8 nitrogen and oxygen atoms in total. The van der Waals surface area contributed by atoms with Crippen LogP contribution in [0.25, 0.3) is 10.9 Å². The Hall–Kier alpha value is -4.14. The zero-order chi connectivity index (χ0) is 26.9. The molecule has 1 aliphatic rings. The molecule has 0 aliphatic carbocycles. The number of methoxy groups -OCH3 is 1. The van der Waals surface area contributed by atoms with E-state index in [1.165, 1.54) is 0 Å². The molecule has 0 radical (unpaired) electrons. The van der Waals surface area contributed by atoms with Gasteiger partial charge in [-0.05, 0) is 48.5 Å². The Kier molecular flexibility index (Phi) is 8.88. The van der Waals surface area contributed by atoms with Gasteiger partial charge in [-0.2, -0.15) is 0 Å². The van der Waals surface area contributed by atoms with Gasteiger partial charge in [0.05, 0.1) is 45.0 Å². The van der Waals surface area contributed by atoms with Crippen molar-refractivity contribution < 1.29 is 23.7 Å². The molecule has 0 bridgehead atoms. The normalized spacial score (nSPS) is 15.4. The summed E-state index contributed by atoms with van der Waals surface area (Å²) in [6.45, 7) is 2.92. The van der Waals surface area contributed by atoms with Crippen LogP contribution in [0.15, 0.2) is 85.1 Å². The number of nitrogens with zero attached hydrogens (tertiary/aromatic N) is 2. The Morgan fingerprint density at radius 2 is 1.79 bits per heavy atom. The summed E-state index contributed by atoms with van der Waals surface area (Å²) >= 11 is 0. The first-order chi connectivity index (χ1) is 19.2. The molecule has 1 aromatic heterocycles. The van der Waals surface area contributed by atoms with Crippen LogP contribution >= 0.6 is 0 Å². The van der Waals surface area contributed by atoms with E-state index in [-0.39, 0.29) is 11.9 Å². The number of rotatable bonds is 12. The van der Waals surface area contributed by atoms with Gasteiger partial charge in [0.25, 0.3) is 0 Å². The lowest BCUT2D eigenvalue weighted by Gasteiger charge is -2.36. The quantitative estimate of drug-likeness (QED) is 0.270. The maximum Gasteiger partial charge on any atom is 0.241 e. The topological polar surface area (TPSA) is 82.2 Å². The second-order valence-electron chi connectivity index (χ2n) is 9.28. The third-order valence-corrected chi connectivity index (χ3v) is 6.58. The summed E-state index contributed by atoms with van der Waals surface area (Å²) in [6.07, 6.45) is 2.53. The maximum atomic E-state index is 12.8. The molecule has 1 saturated heterocycles. The second-order valence-corrected chi connectivity index (χ2v) is 9.28. The van der Waals surface area contributed by atoms with Crippen LogP contribution in [0.1, 0.15) is 12.0 Å². The second kappa shape index (κ2) is 13.1. The average molecular weight is 528 g/mol. The minimum atomic E-state index is -0.141. The van der Waals surface area contributed by atoms with E-state index in [0.29, 0.717) is 39.5 Å². The van der Waals surface area contributed by atoms with Crippen LogP contribution in [-0.4, -0.2) is 57.0 Å². The van der Waals surface area contributed by atoms with E-state index in [4.69, 9.17) is 18.9 Å². The summed E-state index contributed by atoms with van der Waals surface area (Å²) in [7, 11) is 1.66. The molecule has 0 spiro atoms. The van der Waals surface area contributed by atoms with Crippen molar-refractivity contribution in [3.8, 4) is 17.2 Å². The largest absolute Gasteiger partial charge is 0.496 e. The fourth-order valence-electron chi connectivity index (χ4n) is 4.60. The van der Waals surface area contributed by atoms with Crippen LogP contribution in [0.5, 0.6) is 17.2 Å². The Morgan fingerprint density at radius 3 is 2.67 bits per heavy atom. The van der Waals surface area contributed by atoms with Crippen molar-refractivity contribution in [2.45, 2.75) is 19.1 Å². The fourth-order valence-corrected chi connectivity index (χ4v) is 4.60. The molecular formula is C31H33N3O5. The molecule has 8 heteroatoms. The van der Waals surface area contributed by atoms with Gasteiger partial charge in [-0.3, -0.25) is 9.78 Å². The molecule has 39 heavy (non-hydrogen) atoms. The third kappa shape index (κ3) is 6.85. The number of carbonyl (C=O) groups excluding carboxylic acids is 1. The molecule has 3 aromatic carbocycles. The van der Waals surface area contributed by atoms with Crippen molar-refractivity contribution in [2.24, 2.45) is 0 Å². The molecule has 1 N–H and O–H groups in total. The number of para-hydroxylation sites is 1. The van der Waals surface area contributed by atoms with Crippen molar-refractivity contribution in [3.05, 3.63) is 90.6 Å². The van der Waals surface area contributed by atoms with Crippen LogP contribution < -0.4 is 24.4 Å². The molecule has 0 saturated carbocycles. The highest BCUT2D eigenvalue weighted by molar-refractivity contribution is 5.96. The predicted molar refractivity (Wildman–Crippen MR) is 151 cm³/mol.